The molecule has 1 unspecified atom stereocenters. The summed E-state index contributed by atoms with van der Waals surface area (Å²) in [5.74, 6) is 0.0726. The Labute approximate surface area is 97.9 Å². The fourth-order valence-corrected chi connectivity index (χ4v) is 1.26. The minimum Gasteiger partial charge on any atom is -0.383 e. The van der Waals surface area contributed by atoms with Crippen molar-refractivity contribution in [2.24, 2.45) is 5.73 Å². The van der Waals surface area contributed by atoms with E-state index < -0.39 is 0 Å². The van der Waals surface area contributed by atoms with E-state index in [2.05, 4.69) is 0 Å². The van der Waals surface area contributed by atoms with Gasteiger partial charge in [-0.2, -0.15) is 0 Å². The number of hydrogen-bond donors (Lipinski definition) is 1. The van der Waals surface area contributed by atoms with Crippen molar-refractivity contribution < 1.29 is 14.3 Å². The Hall–Kier alpha value is -0.650. The number of carbonyl (C=O) groups is 1. The number of nitrogens with zero attached hydrogens (tertiary/aromatic N) is 1. The fourth-order valence-electron chi connectivity index (χ4n) is 1.26. The molecule has 0 rings (SSSR count). The summed E-state index contributed by atoms with van der Waals surface area (Å²) >= 11 is 0. The summed E-state index contributed by atoms with van der Waals surface area (Å²) in [6, 6.07) is -0.0555. The molecule has 0 heterocycles. The molecule has 5 heteroatoms. The van der Waals surface area contributed by atoms with Crippen molar-refractivity contribution in [3.05, 3.63) is 0 Å². The predicted molar refractivity (Wildman–Crippen MR) is 63.2 cm³/mol. The molecule has 0 bridgehead atoms. The highest BCUT2D eigenvalue weighted by Crippen LogP contribution is 2.00. The summed E-state index contributed by atoms with van der Waals surface area (Å²) in [7, 11) is 3.24. The molecule has 2 N–H and O–H groups in total. The van der Waals surface area contributed by atoms with E-state index in [0.717, 1.165) is 6.42 Å². The van der Waals surface area contributed by atoms with E-state index in [4.69, 9.17) is 15.2 Å². The highest BCUT2D eigenvalue weighted by Gasteiger charge is 2.15. The van der Waals surface area contributed by atoms with E-state index in [1.165, 1.54) is 0 Å². The van der Waals surface area contributed by atoms with Crippen molar-refractivity contribution >= 4 is 5.91 Å². The van der Waals surface area contributed by atoms with Gasteiger partial charge in [0.15, 0.2) is 0 Å². The van der Waals surface area contributed by atoms with Gasteiger partial charge in [0.25, 0.3) is 0 Å². The standard InChI is InChI=1S/C11H24N2O3/c1-4-10(12)9-11(14)13(5-7-15-2)6-8-16-3/h10H,4-9,12H2,1-3H3. The van der Waals surface area contributed by atoms with Gasteiger partial charge in [-0.1, -0.05) is 6.92 Å². The SMILES string of the molecule is CCC(N)CC(=O)N(CCOC)CCOC. The van der Waals surface area contributed by atoms with Crippen LogP contribution in [0.3, 0.4) is 0 Å². The quantitative estimate of drug-likeness (QED) is 0.618. The van der Waals surface area contributed by atoms with Crippen LogP contribution in [0.15, 0.2) is 0 Å². The maximum atomic E-state index is 11.9. The molecule has 5 nitrogen and oxygen atoms in total. The van der Waals surface area contributed by atoms with E-state index in [1.54, 1.807) is 19.1 Å². The van der Waals surface area contributed by atoms with Crippen LogP contribution < -0.4 is 5.73 Å². The van der Waals surface area contributed by atoms with Crippen LogP contribution in [-0.2, 0) is 14.3 Å². The summed E-state index contributed by atoms with van der Waals surface area (Å²) in [4.78, 5) is 13.6. The average molecular weight is 232 g/mol. The molecule has 0 spiro atoms. The van der Waals surface area contributed by atoms with Gasteiger partial charge in [-0.15, -0.1) is 0 Å². The van der Waals surface area contributed by atoms with Crippen LogP contribution in [0.4, 0.5) is 0 Å². The zero-order chi connectivity index (χ0) is 12.4. The van der Waals surface area contributed by atoms with Gasteiger partial charge in [0.05, 0.1) is 13.2 Å². The van der Waals surface area contributed by atoms with Crippen LogP contribution >= 0.6 is 0 Å². The number of hydrogen-bond acceptors (Lipinski definition) is 4. The number of carbonyl (C=O) groups excluding carboxylic acids is 1. The summed E-state index contributed by atoms with van der Waals surface area (Å²) in [5.41, 5.74) is 5.76. The number of ether oxygens (including phenoxy) is 2. The molecule has 0 aromatic rings. The predicted octanol–water partition coefficient (Wildman–Crippen LogP) is 0.235. The Kier molecular flexibility index (Phi) is 9.18. The highest BCUT2D eigenvalue weighted by atomic mass is 16.5. The normalized spacial score (nSPS) is 12.5. The third-order valence-electron chi connectivity index (χ3n) is 2.44. The Morgan fingerprint density at radius 3 is 2.12 bits per heavy atom. The van der Waals surface area contributed by atoms with Crippen molar-refractivity contribution in [2.75, 3.05) is 40.5 Å². The third-order valence-corrected chi connectivity index (χ3v) is 2.44. The Morgan fingerprint density at radius 2 is 1.75 bits per heavy atom. The number of nitrogens with two attached hydrogens (primary N) is 1. The van der Waals surface area contributed by atoms with Gasteiger partial charge in [0, 0.05) is 39.8 Å². The molecule has 0 fully saturated rings. The van der Waals surface area contributed by atoms with Crippen LogP contribution in [0, 0.1) is 0 Å². The molecule has 0 aromatic carbocycles. The molecule has 0 aliphatic rings. The molecular weight excluding hydrogens is 208 g/mol. The van der Waals surface area contributed by atoms with E-state index in [9.17, 15) is 4.79 Å². The van der Waals surface area contributed by atoms with Crippen LogP contribution in [0.2, 0.25) is 0 Å². The van der Waals surface area contributed by atoms with Crippen LogP contribution in [0.1, 0.15) is 19.8 Å². The first-order chi connectivity index (χ1) is 7.65. The second-order valence-corrected chi connectivity index (χ2v) is 3.74. The zero-order valence-corrected chi connectivity index (χ0v) is 10.6. The van der Waals surface area contributed by atoms with Crippen LogP contribution in [0.5, 0.6) is 0 Å². The molecule has 0 saturated carbocycles. The lowest BCUT2D eigenvalue weighted by Gasteiger charge is -2.23. The van der Waals surface area contributed by atoms with Gasteiger partial charge in [-0.05, 0) is 6.42 Å². The first-order valence-electron chi connectivity index (χ1n) is 5.66. The van der Waals surface area contributed by atoms with Crippen molar-refractivity contribution in [1.82, 2.24) is 4.90 Å². The lowest BCUT2D eigenvalue weighted by Crippen LogP contribution is -2.39. The van der Waals surface area contributed by atoms with E-state index >= 15 is 0 Å². The second kappa shape index (κ2) is 9.57. The van der Waals surface area contributed by atoms with Gasteiger partial charge in [0.1, 0.15) is 0 Å². The van der Waals surface area contributed by atoms with E-state index in [-0.39, 0.29) is 11.9 Å². The maximum Gasteiger partial charge on any atom is 0.224 e. The number of amides is 1. The molecule has 0 aliphatic heterocycles. The Morgan fingerprint density at radius 1 is 1.25 bits per heavy atom. The topological polar surface area (TPSA) is 64.8 Å². The van der Waals surface area contributed by atoms with Crippen molar-refractivity contribution in [3.8, 4) is 0 Å². The number of methoxy groups -OCH3 is 2. The van der Waals surface area contributed by atoms with Gasteiger partial charge < -0.3 is 20.1 Å². The molecule has 1 amide bonds. The van der Waals surface area contributed by atoms with Crippen molar-refractivity contribution in [3.63, 3.8) is 0 Å². The largest absolute Gasteiger partial charge is 0.383 e. The molecule has 96 valence electrons. The Balaban J connectivity index is 4.08. The molecule has 0 radical (unpaired) electrons. The summed E-state index contributed by atoms with van der Waals surface area (Å²) in [6.07, 6.45) is 1.21. The van der Waals surface area contributed by atoms with Gasteiger partial charge in [-0.3, -0.25) is 4.79 Å². The highest BCUT2D eigenvalue weighted by molar-refractivity contribution is 5.76. The monoisotopic (exact) mass is 232 g/mol. The molecule has 0 aromatic heterocycles. The molecule has 16 heavy (non-hydrogen) atoms. The van der Waals surface area contributed by atoms with Gasteiger partial charge in [0.2, 0.25) is 5.91 Å². The number of rotatable bonds is 9. The average Bonchev–Trinajstić information content (AvgIpc) is 2.28. The smallest absolute Gasteiger partial charge is 0.224 e. The molecule has 1 atom stereocenters. The minimum absolute atomic E-state index is 0.0555. The first-order valence-corrected chi connectivity index (χ1v) is 5.66. The van der Waals surface area contributed by atoms with Crippen LogP contribution in [-0.4, -0.2) is 57.4 Å². The summed E-state index contributed by atoms with van der Waals surface area (Å²) < 4.78 is 9.94. The van der Waals surface area contributed by atoms with Crippen molar-refractivity contribution in [1.29, 1.82) is 0 Å². The maximum absolute atomic E-state index is 11.9. The van der Waals surface area contributed by atoms with E-state index in [1.807, 2.05) is 6.92 Å². The lowest BCUT2D eigenvalue weighted by atomic mass is 10.1. The minimum atomic E-state index is -0.0555. The summed E-state index contributed by atoms with van der Waals surface area (Å²) in [6.45, 7) is 4.24. The molecule has 0 aliphatic carbocycles. The van der Waals surface area contributed by atoms with Crippen molar-refractivity contribution in [2.45, 2.75) is 25.8 Å². The summed E-state index contributed by atoms with van der Waals surface area (Å²) in [5, 5.41) is 0. The van der Waals surface area contributed by atoms with Crippen LogP contribution in [0.25, 0.3) is 0 Å². The molecule has 0 saturated heterocycles. The first kappa shape index (κ1) is 15.3. The molecular formula is C11H24N2O3. The zero-order valence-electron chi connectivity index (χ0n) is 10.6. The van der Waals surface area contributed by atoms with E-state index in [0.29, 0.717) is 32.7 Å². The second-order valence-electron chi connectivity index (χ2n) is 3.74. The fraction of sp³-hybridized carbons (Fsp3) is 0.909. The third kappa shape index (κ3) is 6.76. The van der Waals surface area contributed by atoms with Gasteiger partial charge in [-0.25, -0.2) is 0 Å². The Bertz CT molecular complexity index is 180. The van der Waals surface area contributed by atoms with Gasteiger partial charge >= 0.3 is 0 Å². The lowest BCUT2D eigenvalue weighted by molar-refractivity contribution is -0.132.